The lowest BCUT2D eigenvalue weighted by molar-refractivity contribution is 0.188. The summed E-state index contributed by atoms with van der Waals surface area (Å²) >= 11 is 0. The van der Waals surface area contributed by atoms with Crippen molar-refractivity contribution in [2.45, 2.75) is 63.4 Å². The van der Waals surface area contributed by atoms with Crippen LogP contribution in [0.3, 0.4) is 0 Å². The third-order valence-electron chi connectivity index (χ3n) is 3.33. The molecule has 0 radical (unpaired) electrons. The second-order valence-corrected chi connectivity index (χ2v) is 6.97. The zero-order chi connectivity index (χ0) is 15.7. The van der Waals surface area contributed by atoms with Gasteiger partial charge in [-0.3, -0.25) is 4.18 Å². The monoisotopic (exact) mass is 316 g/mol. The molecule has 0 fully saturated rings. The predicted octanol–water partition coefficient (Wildman–Crippen LogP) is 4.40. The van der Waals surface area contributed by atoms with E-state index in [4.69, 9.17) is 4.18 Å². The van der Waals surface area contributed by atoms with Crippen molar-refractivity contribution in [2.75, 3.05) is 6.61 Å². The van der Waals surface area contributed by atoms with E-state index < -0.39 is 22.9 Å². The van der Waals surface area contributed by atoms with E-state index in [1.807, 2.05) is 6.92 Å². The van der Waals surface area contributed by atoms with E-state index >= 15 is 0 Å². The van der Waals surface area contributed by atoms with Gasteiger partial charge in [-0.1, -0.05) is 56.7 Å². The first kappa shape index (κ1) is 18.1. The van der Waals surface area contributed by atoms with E-state index in [9.17, 15) is 12.8 Å². The second-order valence-electron chi connectivity index (χ2n) is 5.35. The molecule has 1 rings (SSSR count). The molecule has 0 saturated carbocycles. The summed E-state index contributed by atoms with van der Waals surface area (Å²) < 4.78 is 42.2. The summed E-state index contributed by atoms with van der Waals surface area (Å²) in [5.74, 6) is 0. The topological polar surface area (TPSA) is 43.4 Å². The minimum atomic E-state index is -3.85. The number of aryl methyl sites for hydroxylation is 1. The van der Waals surface area contributed by atoms with Gasteiger partial charge >= 0.3 is 0 Å². The lowest BCUT2D eigenvalue weighted by Crippen LogP contribution is -2.15. The molecule has 1 aromatic rings. The summed E-state index contributed by atoms with van der Waals surface area (Å²) in [6.45, 7) is 3.60. The van der Waals surface area contributed by atoms with Crippen LogP contribution in [0.1, 0.15) is 51.0 Å². The Morgan fingerprint density at radius 1 is 1.10 bits per heavy atom. The van der Waals surface area contributed by atoms with E-state index in [-0.39, 0.29) is 4.90 Å². The van der Waals surface area contributed by atoms with E-state index in [0.717, 1.165) is 37.7 Å². The molecule has 21 heavy (non-hydrogen) atoms. The van der Waals surface area contributed by atoms with Crippen LogP contribution >= 0.6 is 0 Å². The Labute approximate surface area is 127 Å². The van der Waals surface area contributed by atoms with Crippen LogP contribution in [0.25, 0.3) is 0 Å². The van der Waals surface area contributed by atoms with Crippen LogP contribution in [0.2, 0.25) is 0 Å². The first-order valence-corrected chi connectivity index (χ1v) is 8.96. The minimum Gasteiger partial charge on any atom is -0.263 e. The maximum Gasteiger partial charge on any atom is 0.297 e. The molecule has 5 heteroatoms. The summed E-state index contributed by atoms with van der Waals surface area (Å²) in [4.78, 5) is 0.0724. The fraction of sp³-hybridized carbons (Fsp3) is 0.625. The molecule has 0 aliphatic rings. The summed E-state index contributed by atoms with van der Waals surface area (Å²) in [6, 6.07) is 6.33. The van der Waals surface area contributed by atoms with Crippen molar-refractivity contribution in [1.29, 1.82) is 0 Å². The van der Waals surface area contributed by atoms with Crippen LogP contribution in [-0.2, 0) is 14.3 Å². The van der Waals surface area contributed by atoms with E-state index in [2.05, 4.69) is 6.92 Å². The molecule has 0 bridgehead atoms. The number of halogens is 1. The van der Waals surface area contributed by atoms with E-state index in [1.54, 1.807) is 12.1 Å². The van der Waals surface area contributed by atoms with Gasteiger partial charge < -0.3 is 0 Å². The number of benzene rings is 1. The molecule has 0 spiro atoms. The molecule has 1 aromatic carbocycles. The smallest absolute Gasteiger partial charge is 0.263 e. The van der Waals surface area contributed by atoms with Gasteiger partial charge in [-0.2, -0.15) is 8.42 Å². The van der Waals surface area contributed by atoms with Crippen molar-refractivity contribution >= 4 is 10.1 Å². The van der Waals surface area contributed by atoms with Gasteiger partial charge in [0.05, 0.1) is 11.5 Å². The molecule has 120 valence electrons. The molecule has 0 unspecified atom stereocenters. The highest BCUT2D eigenvalue weighted by Crippen LogP contribution is 2.15. The van der Waals surface area contributed by atoms with Gasteiger partial charge in [0, 0.05) is 0 Å². The van der Waals surface area contributed by atoms with E-state index in [0.29, 0.717) is 6.42 Å². The number of hydrogen-bond donors (Lipinski definition) is 0. The molecule has 0 aliphatic heterocycles. The zero-order valence-electron chi connectivity index (χ0n) is 12.8. The molecule has 0 aliphatic carbocycles. The average Bonchev–Trinajstić information content (AvgIpc) is 2.45. The highest BCUT2D eigenvalue weighted by molar-refractivity contribution is 7.86. The van der Waals surface area contributed by atoms with Gasteiger partial charge in [0.15, 0.2) is 0 Å². The fourth-order valence-corrected chi connectivity index (χ4v) is 2.92. The maximum absolute atomic E-state index is 13.6. The SMILES string of the molecule is CCCCCCC[C@H](F)COS(=O)(=O)c1ccc(C)cc1. The van der Waals surface area contributed by atoms with Crippen molar-refractivity contribution in [3.8, 4) is 0 Å². The molecule has 0 saturated heterocycles. The van der Waals surface area contributed by atoms with Gasteiger partial charge in [-0.25, -0.2) is 4.39 Å². The quantitative estimate of drug-likeness (QED) is 0.475. The summed E-state index contributed by atoms with van der Waals surface area (Å²) in [7, 11) is -3.85. The fourth-order valence-electron chi connectivity index (χ4n) is 1.99. The van der Waals surface area contributed by atoms with Crippen LogP contribution in [0.4, 0.5) is 4.39 Å². The summed E-state index contributed by atoms with van der Waals surface area (Å²) in [5, 5.41) is 0. The third-order valence-corrected chi connectivity index (χ3v) is 4.63. The van der Waals surface area contributed by atoms with E-state index in [1.165, 1.54) is 12.1 Å². The predicted molar refractivity (Wildman–Crippen MR) is 82.6 cm³/mol. The number of alkyl halides is 1. The Morgan fingerprint density at radius 2 is 1.71 bits per heavy atom. The molecular formula is C16H25FO3S. The van der Waals surface area contributed by atoms with Crippen LogP contribution in [-0.4, -0.2) is 21.2 Å². The van der Waals surface area contributed by atoms with Crippen LogP contribution in [0.5, 0.6) is 0 Å². The maximum atomic E-state index is 13.6. The molecule has 3 nitrogen and oxygen atoms in total. The van der Waals surface area contributed by atoms with Crippen molar-refractivity contribution < 1.29 is 17.0 Å². The molecule has 0 N–H and O–H groups in total. The zero-order valence-corrected chi connectivity index (χ0v) is 13.7. The van der Waals surface area contributed by atoms with Gasteiger partial charge in [-0.15, -0.1) is 0 Å². The Bertz CT molecular complexity index is 497. The number of unbranched alkanes of at least 4 members (excludes halogenated alkanes) is 4. The van der Waals surface area contributed by atoms with Gasteiger partial charge in [0.25, 0.3) is 10.1 Å². The normalized spacial score (nSPS) is 13.3. The Kier molecular flexibility index (Phi) is 7.89. The second kappa shape index (κ2) is 9.15. The van der Waals surface area contributed by atoms with Crippen molar-refractivity contribution in [1.82, 2.24) is 0 Å². The Hall–Kier alpha value is -0.940. The average molecular weight is 316 g/mol. The lowest BCUT2D eigenvalue weighted by atomic mass is 10.1. The molecular weight excluding hydrogens is 291 g/mol. The number of rotatable bonds is 10. The third kappa shape index (κ3) is 7.05. The van der Waals surface area contributed by atoms with Crippen molar-refractivity contribution in [3.05, 3.63) is 29.8 Å². The first-order valence-electron chi connectivity index (χ1n) is 7.56. The summed E-state index contributed by atoms with van der Waals surface area (Å²) in [5.41, 5.74) is 0.962. The highest BCUT2D eigenvalue weighted by Gasteiger charge is 2.17. The van der Waals surface area contributed by atoms with Crippen LogP contribution in [0.15, 0.2) is 29.2 Å². The number of hydrogen-bond acceptors (Lipinski definition) is 3. The standard InChI is InChI=1S/C16H25FO3S/c1-3-4-5-6-7-8-15(17)13-20-21(18,19)16-11-9-14(2)10-12-16/h9-12,15H,3-8,13H2,1-2H3/t15-/m0/s1. The Balaban J connectivity index is 2.34. The first-order chi connectivity index (χ1) is 9.95. The molecule has 0 aromatic heterocycles. The molecule has 0 heterocycles. The Morgan fingerprint density at radius 3 is 2.33 bits per heavy atom. The van der Waals surface area contributed by atoms with Gasteiger partial charge in [-0.05, 0) is 25.5 Å². The minimum absolute atomic E-state index is 0.0724. The van der Waals surface area contributed by atoms with Crippen LogP contribution < -0.4 is 0 Å². The van der Waals surface area contributed by atoms with Crippen LogP contribution in [0, 0.1) is 6.92 Å². The lowest BCUT2D eigenvalue weighted by Gasteiger charge is -2.09. The molecule has 1 atom stereocenters. The van der Waals surface area contributed by atoms with Crippen molar-refractivity contribution in [3.63, 3.8) is 0 Å². The molecule has 0 amide bonds. The largest absolute Gasteiger partial charge is 0.297 e. The van der Waals surface area contributed by atoms with Gasteiger partial charge in [0.1, 0.15) is 6.17 Å². The van der Waals surface area contributed by atoms with Crippen molar-refractivity contribution in [2.24, 2.45) is 0 Å². The highest BCUT2D eigenvalue weighted by atomic mass is 32.2. The van der Waals surface area contributed by atoms with Gasteiger partial charge in [0.2, 0.25) is 0 Å². The summed E-state index contributed by atoms with van der Waals surface area (Å²) in [6.07, 6.45) is 4.30.